The van der Waals surface area contributed by atoms with E-state index >= 15 is 0 Å². The van der Waals surface area contributed by atoms with Gasteiger partial charge >= 0.3 is 5.97 Å². The first-order chi connectivity index (χ1) is 20.8. The number of likely N-dealkylation sites (tertiary alicyclic amines) is 1. The summed E-state index contributed by atoms with van der Waals surface area (Å²) in [4.78, 5) is 38.1. The molecule has 0 saturated carbocycles. The summed E-state index contributed by atoms with van der Waals surface area (Å²) in [6.45, 7) is 10.6. The molecule has 0 aromatic rings. The molecule has 0 aromatic carbocycles. The molecule has 4 heterocycles. The average molecular weight is 619 g/mol. The Labute approximate surface area is 260 Å². The van der Waals surface area contributed by atoms with Gasteiger partial charge in [-0.15, -0.1) is 0 Å². The molecule has 0 aliphatic carbocycles. The predicted molar refractivity (Wildman–Crippen MR) is 162 cm³/mol. The van der Waals surface area contributed by atoms with E-state index < -0.39 is 29.9 Å². The molecule has 4 saturated heterocycles. The van der Waals surface area contributed by atoms with Gasteiger partial charge in [0.2, 0.25) is 11.8 Å². The molecule has 4 rings (SSSR count). The van der Waals surface area contributed by atoms with Gasteiger partial charge in [0.1, 0.15) is 23.9 Å². The third-order valence-electron chi connectivity index (χ3n) is 9.14. The lowest BCUT2D eigenvalue weighted by Crippen LogP contribution is -2.51. The van der Waals surface area contributed by atoms with Gasteiger partial charge in [-0.25, -0.2) is 0 Å². The van der Waals surface area contributed by atoms with Crippen molar-refractivity contribution in [2.75, 3.05) is 19.7 Å². The van der Waals surface area contributed by atoms with E-state index in [9.17, 15) is 24.6 Å². The average Bonchev–Trinajstić information content (AvgIpc) is 3.74. The summed E-state index contributed by atoms with van der Waals surface area (Å²) in [6, 6.07) is -0.129. The maximum absolute atomic E-state index is 12.9. The molecule has 4 fully saturated rings. The lowest BCUT2D eigenvalue weighted by Gasteiger charge is -2.39. The van der Waals surface area contributed by atoms with E-state index in [1.165, 1.54) is 13.0 Å². The van der Waals surface area contributed by atoms with Gasteiger partial charge in [-0.3, -0.25) is 14.4 Å². The van der Waals surface area contributed by atoms with E-state index in [0.29, 0.717) is 45.4 Å². The predicted octanol–water partition coefficient (Wildman–Crippen LogP) is 2.35. The molecule has 44 heavy (non-hydrogen) atoms. The Morgan fingerprint density at radius 1 is 1.11 bits per heavy atom. The van der Waals surface area contributed by atoms with Crippen molar-refractivity contribution in [3.8, 4) is 0 Å². The first-order valence-corrected chi connectivity index (χ1v) is 15.9. The third kappa shape index (κ3) is 9.47. The summed E-state index contributed by atoms with van der Waals surface area (Å²) in [6.07, 6.45) is 9.47. The molecular weight excluding hydrogens is 568 g/mol. The Morgan fingerprint density at radius 2 is 1.82 bits per heavy atom. The molecule has 11 nitrogen and oxygen atoms in total. The van der Waals surface area contributed by atoms with E-state index in [1.54, 1.807) is 17.9 Å². The fourth-order valence-corrected chi connectivity index (χ4v) is 6.33. The van der Waals surface area contributed by atoms with Crippen LogP contribution in [0, 0.1) is 5.92 Å². The van der Waals surface area contributed by atoms with Crippen molar-refractivity contribution in [2.24, 2.45) is 5.92 Å². The van der Waals surface area contributed by atoms with Crippen LogP contribution >= 0.6 is 0 Å². The molecule has 4 aliphatic heterocycles. The summed E-state index contributed by atoms with van der Waals surface area (Å²) >= 11 is 0. The third-order valence-corrected chi connectivity index (χ3v) is 9.14. The Kier molecular flexibility index (Phi) is 11.8. The second-order valence-electron chi connectivity index (χ2n) is 13.0. The second kappa shape index (κ2) is 15.1. The normalized spacial score (nSPS) is 35.7. The number of ether oxygens (including phenoxy) is 4. The molecule has 1 spiro atoms. The fraction of sp³-hybridized carbons (Fsp3) is 0.727. The van der Waals surface area contributed by atoms with Crippen LogP contribution in [0.3, 0.4) is 0 Å². The van der Waals surface area contributed by atoms with E-state index in [4.69, 9.17) is 18.9 Å². The largest absolute Gasteiger partial charge is 0.459 e. The Bertz CT molecular complexity index is 1110. The van der Waals surface area contributed by atoms with Gasteiger partial charge in [-0.1, -0.05) is 30.7 Å². The standard InChI is InChI=1S/C33H50N2O9/c1-20(6-9-28-21(2)16-27(23(4)43-28)34-30(38)11-8-22(3)42-24(5)36)7-10-29-32(40)33(19-41-33)18-26(44-29)17-31(39)35-14-12-25(37)13-15-35/h6-8,10-11,21-23,25-29,32,37,40H,9,12-19H2,1-5H3,(H,34,38)/b10-7+,11-8-,20-6+/t21-,22-,23+,26+,27+,28-,29+,32+,33+/m0/s1. The zero-order valence-electron chi connectivity index (χ0n) is 26.6. The Hall–Kier alpha value is -2.57. The van der Waals surface area contributed by atoms with Crippen LogP contribution in [0.2, 0.25) is 0 Å². The highest BCUT2D eigenvalue weighted by atomic mass is 16.6. The quantitative estimate of drug-likeness (QED) is 0.145. The summed E-state index contributed by atoms with van der Waals surface area (Å²) < 4.78 is 23.2. The van der Waals surface area contributed by atoms with Gasteiger partial charge in [0.25, 0.3) is 0 Å². The van der Waals surface area contributed by atoms with Gasteiger partial charge in [-0.2, -0.15) is 0 Å². The van der Waals surface area contributed by atoms with Crippen molar-refractivity contribution >= 4 is 17.8 Å². The van der Waals surface area contributed by atoms with Gasteiger partial charge < -0.3 is 39.4 Å². The molecule has 0 aromatic heterocycles. The van der Waals surface area contributed by atoms with Gasteiger partial charge in [-0.05, 0) is 58.4 Å². The van der Waals surface area contributed by atoms with Crippen molar-refractivity contribution in [3.63, 3.8) is 0 Å². The topological polar surface area (TPSA) is 147 Å². The van der Waals surface area contributed by atoms with Crippen LogP contribution in [0.1, 0.15) is 73.1 Å². The zero-order chi connectivity index (χ0) is 32.0. The van der Waals surface area contributed by atoms with Crippen LogP contribution < -0.4 is 5.32 Å². The van der Waals surface area contributed by atoms with Crippen LogP contribution in [-0.4, -0.2) is 107 Å². The van der Waals surface area contributed by atoms with Crippen molar-refractivity contribution in [1.82, 2.24) is 10.2 Å². The molecule has 4 aliphatic rings. The highest BCUT2D eigenvalue weighted by Crippen LogP contribution is 2.43. The number of hydrogen-bond acceptors (Lipinski definition) is 9. The lowest BCUT2D eigenvalue weighted by molar-refractivity contribution is -0.152. The van der Waals surface area contributed by atoms with Crippen LogP contribution in [0.15, 0.2) is 36.0 Å². The van der Waals surface area contributed by atoms with Crippen molar-refractivity contribution < 1.29 is 43.5 Å². The van der Waals surface area contributed by atoms with Crippen LogP contribution in [0.5, 0.6) is 0 Å². The van der Waals surface area contributed by atoms with E-state index in [0.717, 1.165) is 12.0 Å². The molecule has 0 bridgehead atoms. The summed E-state index contributed by atoms with van der Waals surface area (Å²) in [5.41, 5.74) is 0.347. The highest BCUT2D eigenvalue weighted by Gasteiger charge is 2.58. The number of allylic oxidation sites excluding steroid dienone is 2. The molecular formula is C33H50N2O9. The molecule has 9 atom stereocenters. The van der Waals surface area contributed by atoms with Crippen LogP contribution in [-0.2, 0) is 33.3 Å². The molecule has 11 heteroatoms. The molecule has 2 amide bonds. The minimum atomic E-state index is -0.808. The fourth-order valence-electron chi connectivity index (χ4n) is 6.33. The van der Waals surface area contributed by atoms with Gasteiger partial charge in [0, 0.05) is 32.5 Å². The SMILES string of the molecule is CC(=O)O[C@@H](C)/C=C\C(=O)N[C@@H]1C[C@H](C)[C@H](C/C=C(C)/C=C/[C@H]2O[C@H](CC(=O)N3CCC(O)CC3)C[C@@]3(CO3)[C@@H]2O)O[C@@H]1C. The maximum atomic E-state index is 12.9. The number of esters is 1. The van der Waals surface area contributed by atoms with E-state index in [1.807, 2.05) is 26.0 Å². The summed E-state index contributed by atoms with van der Waals surface area (Å²) in [5.74, 6) is -0.425. The Morgan fingerprint density at radius 3 is 2.48 bits per heavy atom. The summed E-state index contributed by atoms with van der Waals surface area (Å²) in [7, 11) is 0. The van der Waals surface area contributed by atoms with E-state index in [-0.39, 0.29) is 54.6 Å². The second-order valence-corrected chi connectivity index (χ2v) is 13.0. The molecule has 0 radical (unpaired) electrons. The molecule has 3 N–H and O–H groups in total. The zero-order valence-corrected chi connectivity index (χ0v) is 26.6. The summed E-state index contributed by atoms with van der Waals surface area (Å²) in [5, 5.41) is 23.7. The minimum absolute atomic E-state index is 0.00743. The van der Waals surface area contributed by atoms with E-state index in [2.05, 4.69) is 18.3 Å². The Balaban J connectivity index is 1.26. The number of carbonyl (C=O) groups excluding carboxylic acids is 3. The monoisotopic (exact) mass is 618 g/mol. The number of carbonyl (C=O) groups is 3. The van der Waals surface area contributed by atoms with Crippen molar-refractivity contribution in [2.45, 2.75) is 128 Å². The number of aliphatic hydroxyl groups excluding tert-OH is 2. The smallest absolute Gasteiger partial charge is 0.303 e. The van der Waals surface area contributed by atoms with Crippen LogP contribution in [0.25, 0.3) is 0 Å². The number of rotatable bonds is 10. The lowest BCUT2D eigenvalue weighted by atomic mass is 9.87. The molecule has 246 valence electrons. The minimum Gasteiger partial charge on any atom is -0.459 e. The van der Waals surface area contributed by atoms with Gasteiger partial charge in [0.15, 0.2) is 0 Å². The van der Waals surface area contributed by atoms with Crippen molar-refractivity contribution in [1.29, 1.82) is 0 Å². The maximum Gasteiger partial charge on any atom is 0.303 e. The first kappa shape index (κ1) is 34.3. The van der Waals surface area contributed by atoms with Crippen molar-refractivity contribution in [3.05, 3.63) is 36.0 Å². The highest BCUT2D eigenvalue weighted by molar-refractivity contribution is 5.87. The first-order valence-electron chi connectivity index (χ1n) is 15.9. The van der Waals surface area contributed by atoms with Crippen LogP contribution in [0.4, 0.5) is 0 Å². The number of amides is 2. The number of hydrogen-bond donors (Lipinski definition) is 3. The number of aliphatic hydroxyl groups is 2. The number of nitrogens with one attached hydrogen (secondary N) is 1. The molecule has 0 unspecified atom stereocenters. The number of piperidine rings is 1. The number of nitrogens with zero attached hydrogens (tertiary/aromatic N) is 1. The van der Waals surface area contributed by atoms with Gasteiger partial charge in [0.05, 0.1) is 43.5 Å². The number of epoxide rings is 1.